The van der Waals surface area contributed by atoms with E-state index in [9.17, 15) is 5.11 Å². The van der Waals surface area contributed by atoms with E-state index < -0.39 is 6.10 Å². The Morgan fingerprint density at radius 1 is 1.00 bits per heavy atom. The summed E-state index contributed by atoms with van der Waals surface area (Å²) < 4.78 is 1.96. The average molecular weight is 370 g/mol. The largest absolute Gasteiger partial charge is 0.388 e. The fourth-order valence-corrected chi connectivity index (χ4v) is 2.43. The van der Waals surface area contributed by atoms with Gasteiger partial charge in [-0.3, -0.25) is 0 Å². The van der Waals surface area contributed by atoms with E-state index in [0.29, 0.717) is 6.42 Å². The van der Waals surface area contributed by atoms with E-state index >= 15 is 0 Å². The number of rotatable bonds is 3. The Hall–Kier alpha value is -0.640. The van der Waals surface area contributed by atoms with Crippen molar-refractivity contribution in [1.82, 2.24) is 0 Å². The minimum atomic E-state index is -0.475. The molecule has 2 aromatic rings. The molecule has 0 saturated heterocycles. The van der Waals surface area contributed by atoms with E-state index in [1.807, 2.05) is 18.2 Å². The summed E-state index contributed by atoms with van der Waals surface area (Å²) in [5.74, 6) is 0. The van der Waals surface area contributed by atoms with Crippen LogP contribution in [0.2, 0.25) is 0 Å². The van der Waals surface area contributed by atoms with Gasteiger partial charge in [-0.1, -0.05) is 35.9 Å². The molecule has 0 heterocycles. The molecule has 0 aromatic heterocycles. The molecule has 0 saturated carbocycles. The maximum Gasteiger partial charge on any atom is 0.0830 e. The van der Waals surface area contributed by atoms with Gasteiger partial charge in [0.1, 0.15) is 0 Å². The molecule has 0 aliphatic carbocycles. The molecule has 0 radical (unpaired) electrons. The molecule has 2 aromatic carbocycles. The van der Waals surface area contributed by atoms with Crippen LogP contribution in [0.25, 0.3) is 0 Å². The summed E-state index contributed by atoms with van der Waals surface area (Å²) in [6.45, 7) is 2.06. The smallest absolute Gasteiger partial charge is 0.0830 e. The first-order valence-electron chi connectivity index (χ1n) is 5.75. The van der Waals surface area contributed by atoms with Gasteiger partial charge in [0.25, 0.3) is 0 Å². The molecule has 0 aliphatic heterocycles. The van der Waals surface area contributed by atoms with E-state index in [0.717, 1.165) is 20.1 Å². The molecule has 18 heavy (non-hydrogen) atoms. The molecular formula is C15H14Br2O. The summed E-state index contributed by atoms with van der Waals surface area (Å²) in [5, 5.41) is 10.2. The van der Waals surface area contributed by atoms with Crippen molar-refractivity contribution < 1.29 is 5.11 Å². The van der Waals surface area contributed by atoms with E-state index in [-0.39, 0.29) is 0 Å². The molecule has 2 rings (SSSR count). The van der Waals surface area contributed by atoms with E-state index in [2.05, 4.69) is 63.0 Å². The summed E-state index contributed by atoms with van der Waals surface area (Å²) in [5.41, 5.74) is 3.30. The first-order chi connectivity index (χ1) is 8.56. The fourth-order valence-electron chi connectivity index (χ4n) is 1.78. The highest BCUT2D eigenvalue weighted by Gasteiger charge is 2.10. The number of benzene rings is 2. The molecule has 0 fully saturated rings. The summed E-state index contributed by atoms with van der Waals surface area (Å²) >= 11 is 6.88. The standard InChI is InChI=1S/C15H14Br2O/c1-10-2-4-11(5-3-10)8-15(18)12-6-7-13(16)14(17)9-12/h2-7,9,15,18H,8H2,1H3. The van der Waals surface area contributed by atoms with Crippen molar-refractivity contribution in [2.75, 3.05) is 0 Å². The Labute approximate surface area is 124 Å². The number of hydrogen-bond acceptors (Lipinski definition) is 1. The van der Waals surface area contributed by atoms with E-state index in [1.54, 1.807) is 0 Å². The molecular weight excluding hydrogens is 356 g/mol. The van der Waals surface area contributed by atoms with Crippen LogP contribution in [0.3, 0.4) is 0 Å². The number of aliphatic hydroxyl groups is 1. The third-order valence-corrected chi connectivity index (χ3v) is 4.76. The third kappa shape index (κ3) is 3.44. The molecule has 0 bridgehead atoms. The minimum Gasteiger partial charge on any atom is -0.388 e. The second-order valence-electron chi connectivity index (χ2n) is 4.38. The zero-order chi connectivity index (χ0) is 13.1. The van der Waals surface area contributed by atoms with Gasteiger partial charge in [0.2, 0.25) is 0 Å². The molecule has 0 spiro atoms. The molecule has 1 unspecified atom stereocenters. The van der Waals surface area contributed by atoms with Crippen molar-refractivity contribution in [1.29, 1.82) is 0 Å². The predicted molar refractivity (Wildman–Crippen MR) is 81.7 cm³/mol. The minimum absolute atomic E-state index is 0.475. The van der Waals surface area contributed by atoms with Crippen LogP contribution in [0, 0.1) is 6.92 Å². The molecule has 3 heteroatoms. The van der Waals surface area contributed by atoms with Crippen LogP contribution in [-0.2, 0) is 6.42 Å². The van der Waals surface area contributed by atoms with Gasteiger partial charge < -0.3 is 5.11 Å². The van der Waals surface area contributed by atoms with Crippen molar-refractivity contribution in [3.8, 4) is 0 Å². The van der Waals surface area contributed by atoms with Crippen molar-refractivity contribution >= 4 is 31.9 Å². The van der Waals surface area contributed by atoms with Crippen molar-refractivity contribution in [2.24, 2.45) is 0 Å². The van der Waals surface area contributed by atoms with Gasteiger partial charge in [0, 0.05) is 15.4 Å². The first kappa shape index (κ1) is 13.8. The third-order valence-electron chi connectivity index (χ3n) is 2.88. The lowest BCUT2D eigenvalue weighted by atomic mass is 10.0. The quantitative estimate of drug-likeness (QED) is 0.824. The average Bonchev–Trinajstić information content (AvgIpc) is 2.35. The lowest BCUT2D eigenvalue weighted by molar-refractivity contribution is 0.178. The van der Waals surface area contributed by atoms with Crippen molar-refractivity contribution in [3.05, 3.63) is 68.1 Å². The Balaban J connectivity index is 2.13. The van der Waals surface area contributed by atoms with Gasteiger partial charge in [-0.25, -0.2) is 0 Å². The predicted octanol–water partition coefficient (Wildman–Crippen LogP) is 4.80. The Kier molecular flexibility index (Phi) is 4.60. The topological polar surface area (TPSA) is 20.2 Å². The van der Waals surface area contributed by atoms with Gasteiger partial charge in [-0.2, -0.15) is 0 Å². The van der Waals surface area contributed by atoms with E-state index in [1.165, 1.54) is 5.56 Å². The van der Waals surface area contributed by atoms with Gasteiger partial charge in [-0.05, 0) is 62.0 Å². The van der Waals surface area contributed by atoms with Gasteiger partial charge in [-0.15, -0.1) is 0 Å². The van der Waals surface area contributed by atoms with Crippen LogP contribution >= 0.6 is 31.9 Å². The van der Waals surface area contributed by atoms with Crippen LogP contribution in [0.5, 0.6) is 0 Å². The Bertz CT molecular complexity index is 535. The maximum absolute atomic E-state index is 10.2. The summed E-state index contributed by atoms with van der Waals surface area (Å²) in [7, 11) is 0. The lowest BCUT2D eigenvalue weighted by Gasteiger charge is -2.12. The number of halogens is 2. The zero-order valence-corrected chi connectivity index (χ0v) is 13.2. The molecule has 0 aliphatic rings. The van der Waals surface area contributed by atoms with Crippen LogP contribution < -0.4 is 0 Å². The zero-order valence-electron chi connectivity index (χ0n) is 10.0. The highest BCUT2D eigenvalue weighted by Crippen LogP contribution is 2.27. The molecule has 94 valence electrons. The van der Waals surface area contributed by atoms with Crippen LogP contribution in [0.1, 0.15) is 22.8 Å². The number of aryl methyl sites for hydroxylation is 1. The first-order valence-corrected chi connectivity index (χ1v) is 7.33. The second-order valence-corrected chi connectivity index (χ2v) is 6.09. The SMILES string of the molecule is Cc1ccc(CC(O)c2ccc(Br)c(Br)c2)cc1. The van der Waals surface area contributed by atoms with Crippen molar-refractivity contribution in [2.45, 2.75) is 19.4 Å². The molecule has 1 N–H and O–H groups in total. The van der Waals surface area contributed by atoms with Crippen LogP contribution in [0.4, 0.5) is 0 Å². The highest BCUT2D eigenvalue weighted by atomic mass is 79.9. The van der Waals surface area contributed by atoms with Crippen LogP contribution in [0.15, 0.2) is 51.4 Å². The van der Waals surface area contributed by atoms with Crippen LogP contribution in [-0.4, -0.2) is 5.11 Å². The van der Waals surface area contributed by atoms with Gasteiger partial charge in [0.15, 0.2) is 0 Å². The Morgan fingerprint density at radius 3 is 2.28 bits per heavy atom. The number of hydrogen-bond donors (Lipinski definition) is 1. The lowest BCUT2D eigenvalue weighted by Crippen LogP contribution is -2.01. The van der Waals surface area contributed by atoms with Gasteiger partial charge in [0.05, 0.1) is 6.10 Å². The maximum atomic E-state index is 10.2. The number of aliphatic hydroxyl groups excluding tert-OH is 1. The Morgan fingerprint density at radius 2 is 1.67 bits per heavy atom. The second kappa shape index (κ2) is 6.00. The summed E-state index contributed by atoms with van der Waals surface area (Å²) in [6, 6.07) is 14.1. The molecule has 1 atom stereocenters. The normalized spacial score (nSPS) is 12.4. The fraction of sp³-hybridized carbons (Fsp3) is 0.200. The highest BCUT2D eigenvalue weighted by molar-refractivity contribution is 9.13. The molecule has 0 amide bonds. The monoisotopic (exact) mass is 368 g/mol. The molecule has 1 nitrogen and oxygen atoms in total. The van der Waals surface area contributed by atoms with Crippen molar-refractivity contribution in [3.63, 3.8) is 0 Å². The van der Waals surface area contributed by atoms with Gasteiger partial charge >= 0.3 is 0 Å². The summed E-state index contributed by atoms with van der Waals surface area (Å²) in [6.07, 6.45) is 0.158. The van der Waals surface area contributed by atoms with E-state index in [4.69, 9.17) is 0 Å². The summed E-state index contributed by atoms with van der Waals surface area (Å²) in [4.78, 5) is 0.